The molecule has 0 saturated heterocycles. The van der Waals surface area contributed by atoms with Gasteiger partial charge in [0.05, 0.1) is 11.7 Å². The van der Waals surface area contributed by atoms with Crippen LogP contribution in [0.4, 0.5) is 8.78 Å². The Hall–Kier alpha value is -5.37. The standard InChI is InChI=1S/C36H41ClF2N8O4/c1-21(2)15-24(34(49)43-20-23-7-4-10-27(16-23)51-28-12-13-29(38)30(39)19-28)17-32(48)31(11-6-14-42-36(40)41)45-35(50)33-44-22(3)47(46-33)26-9-5-8-25(37)18-26/h4-5,7-10,12-13,16,18-19,21,24,31H,6,11,14-15,17,20H2,1-3H3,(H,43,49)(H,45,50)(H4,40,41,42)/t24-,31?/m1/s1. The molecule has 6 N–H and O–H groups in total. The van der Waals surface area contributed by atoms with Crippen LogP contribution in [0.5, 0.6) is 11.5 Å². The number of aromatic nitrogens is 3. The van der Waals surface area contributed by atoms with Crippen LogP contribution in [-0.4, -0.2) is 50.9 Å². The van der Waals surface area contributed by atoms with Crippen LogP contribution in [0.1, 0.15) is 61.5 Å². The van der Waals surface area contributed by atoms with Crippen LogP contribution < -0.4 is 26.8 Å². The van der Waals surface area contributed by atoms with E-state index in [-0.39, 0.29) is 61.1 Å². The van der Waals surface area contributed by atoms with Gasteiger partial charge in [-0.3, -0.25) is 19.4 Å². The monoisotopic (exact) mass is 722 g/mol. The number of carbonyl (C=O) groups excluding carboxylic acids is 3. The Morgan fingerprint density at radius 3 is 2.45 bits per heavy atom. The van der Waals surface area contributed by atoms with Crippen LogP contribution in [0.3, 0.4) is 0 Å². The van der Waals surface area contributed by atoms with E-state index in [0.29, 0.717) is 40.7 Å². The lowest BCUT2D eigenvalue weighted by Crippen LogP contribution is -2.43. The average Bonchev–Trinajstić information content (AvgIpc) is 3.47. The maximum atomic E-state index is 13.8. The summed E-state index contributed by atoms with van der Waals surface area (Å²) < 4.78 is 34.1. The minimum Gasteiger partial charge on any atom is -0.457 e. The van der Waals surface area contributed by atoms with Gasteiger partial charge in [0.15, 0.2) is 23.4 Å². The number of ketones is 1. The third-order valence-corrected chi connectivity index (χ3v) is 7.97. The van der Waals surface area contributed by atoms with Crippen molar-refractivity contribution < 1.29 is 27.9 Å². The molecular weight excluding hydrogens is 682 g/mol. The molecular formula is C36H41ClF2N8O4. The van der Waals surface area contributed by atoms with Gasteiger partial charge in [-0.25, -0.2) is 18.4 Å². The lowest BCUT2D eigenvalue weighted by Gasteiger charge is -2.22. The van der Waals surface area contributed by atoms with Crippen molar-refractivity contribution in [3.05, 3.63) is 101 Å². The molecule has 0 aliphatic heterocycles. The number of aliphatic imine (C=N–C) groups is 1. The number of Topliss-reactive ketones (excluding diaryl/α,β-unsaturated/α-hetero) is 1. The van der Waals surface area contributed by atoms with Gasteiger partial charge < -0.3 is 26.8 Å². The Balaban J connectivity index is 1.45. The smallest absolute Gasteiger partial charge is 0.291 e. The largest absolute Gasteiger partial charge is 0.457 e. The van der Waals surface area contributed by atoms with Crippen molar-refractivity contribution in [2.45, 2.75) is 59.0 Å². The van der Waals surface area contributed by atoms with Crippen molar-refractivity contribution in [1.82, 2.24) is 25.4 Å². The topological polar surface area (TPSA) is 180 Å². The Kier molecular flexibility index (Phi) is 13.6. The lowest BCUT2D eigenvalue weighted by atomic mass is 9.89. The van der Waals surface area contributed by atoms with Gasteiger partial charge in [0, 0.05) is 36.5 Å². The third kappa shape index (κ3) is 11.6. The Bertz CT molecular complexity index is 1880. The van der Waals surface area contributed by atoms with Crippen LogP contribution in [0, 0.1) is 30.4 Å². The number of hydrogen-bond donors (Lipinski definition) is 4. The van der Waals surface area contributed by atoms with Crippen LogP contribution in [-0.2, 0) is 16.1 Å². The number of nitrogens with two attached hydrogens (primary N) is 2. The van der Waals surface area contributed by atoms with Crippen LogP contribution in [0.15, 0.2) is 71.7 Å². The highest BCUT2D eigenvalue weighted by Crippen LogP contribution is 2.25. The highest BCUT2D eigenvalue weighted by molar-refractivity contribution is 6.30. The molecule has 1 heterocycles. The van der Waals surface area contributed by atoms with Crippen molar-refractivity contribution in [1.29, 1.82) is 0 Å². The van der Waals surface area contributed by atoms with E-state index in [2.05, 4.69) is 25.7 Å². The van der Waals surface area contributed by atoms with E-state index < -0.39 is 29.5 Å². The predicted octanol–water partition coefficient (Wildman–Crippen LogP) is 5.39. The van der Waals surface area contributed by atoms with Crippen molar-refractivity contribution in [2.75, 3.05) is 6.54 Å². The lowest BCUT2D eigenvalue weighted by molar-refractivity contribution is -0.130. The zero-order valence-electron chi connectivity index (χ0n) is 28.5. The van der Waals surface area contributed by atoms with Crippen molar-refractivity contribution >= 4 is 35.2 Å². The molecule has 12 nitrogen and oxygen atoms in total. The molecule has 0 radical (unpaired) electrons. The quantitative estimate of drug-likeness (QED) is 0.0636. The third-order valence-electron chi connectivity index (χ3n) is 7.73. The summed E-state index contributed by atoms with van der Waals surface area (Å²) in [5, 5.41) is 10.5. The molecule has 1 unspecified atom stereocenters. The molecule has 0 spiro atoms. The van der Waals surface area contributed by atoms with E-state index in [1.807, 2.05) is 13.8 Å². The Morgan fingerprint density at radius 1 is 1.00 bits per heavy atom. The van der Waals surface area contributed by atoms with Gasteiger partial charge in [-0.2, -0.15) is 0 Å². The fourth-order valence-corrected chi connectivity index (χ4v) is 5.53. The van der Waals surface area contributed by atoms with Crippen molar-refractivity contribution in [3.63, 3.8) is 0 Å². The van der Waals surface area contributed by atoms with Crippen LogP contribution >= 0.6 is 11.6 Å². The number of ether oxygens (including phenoxy) is 1. The molecule has 0 aliphatic rings. The molecule has 2 atom stereocenters. The van der Waals surface area contributed by atoms with E-state index in [1.165, 1.54) is 10.7 Å². The van der Waals surface area contributed by atoms with Gasteiger partial charge in [-0.15, -0.1) is 5.10 Å². The first-order valence-corrected chi connectivity index (χ1v) is 16.7. The summed E-state index contributed by atoms with van der Waals surface area (Å²) >= 11 is 6.13. The number of rotatable bonds is 17. The highest BCUT2D eigenvalue weighted by Gasteiger charge is 2.29. The number of carbonyl (C=O) groups is 3. The van der Waals surface area contributed by atoms with Crippen LogP contribution in [0.2, 0.25) is 5.02 Å². The molecule has 1 aromatic heterocycles. The molecule has 0 bridgehead atoms. The number of nitrogens with one attached hydrogen (secondary N) is 2. The number of nitrogens with zero attached hydrogens (tertiary/aromatic N) is 4. The van der Waals surface area contributed by atoms with E-state index in [0.717, 1.165) is 12.1 Å². The minimum absolute atomic E-state index is 0.0823. The molecule has 3 aromatic carbocycles. The van der Waals surface area contributed by atoms with E-state index in [9.17, 15) is 23.2 Å². The average molecular weight is 723 g/mol. The summed E-state index contributed by atoms with van der Waals surface area (Å²) in [5.41, 5.74) is 12.2. The fraction of sp³-hybridized carbons (Fsp3) is 0.333. The van der Waals surface area contributed by atoms with Gasteiger partial charge in [0.1, 0.15) is 17.3 Å². The first kappa shape index (κ1) is 38.4. The van der Waals surface area contributed by atoms with Crippen molar-refractivity contribution in [3.8, 4) is 17.2 Å². The SMILES string of the molecule is Cc1nc(C(=O)NC(CCCN=C(N)N)C(=O)C[C@@H](CC(C)C)C(=O)NCc2cccc(Oc3ccc(F)c(F)c3)c2)nn1-c1cccc(Cl)c1. The van der Waals surface area contributed by atoms with Gasteiger partial charge in [-0.05, 0) is 80.1 Å². The Labute approximate surface area is 299 Å². The Morgan fingerprint density at radius 2 is 1.75 bits per heavy atom. The first-order valence-electron chi connectivity index (χ1n) is 16.4. The summed E-state index contributed by atoms with van der Waals surface area (Å²) in [6.45, 7) is 5.94. The van der Waals surface area contributed by atoms with Gasteiger partial charge in [0.25, 0.3) is 5.91 Å². The number of guanidine groups is 1. The second-order valence-corrected chi connectivity index (χ2v) is 12.8. The number of halogens is 3. The van der Waals surface area contributed by atoms with Gasteiger partial charge in [-0.1, -0.05) is 43.6 Å². The number of hydrogen-bond acceptors (Lipinski definition) is 7. The molecule has 0 fully saturated rings. The normalized spacial score (nSPS) is 12.2. The molecule has 0 aliphatic carbocycles. The molecule has 51 heavy (non-hydrogen) atoms. The fourth-order valence-electron chi connectivity index (χ4n) is 5.34. The summed E-state index contributed by atoms with van der Waals surface area (Å²) in [4.78, 5) is 48.9. The summed E-state index contributed by atoms with van der Waals surface area (Å²) in [6.07, 6.45) is 0.856. The second-order valence-electron chi connectivity index (χ2n) is 12.4. The molecule has 270 valence electrons. The molecule has 4 rings (SSSR count). The van der Waals surface area contributed by atoms with Crippen molar-refractivity contribution in [2.24, 2.45) is 28.3 Å². The summed E-state index contributed by atoms with van der Waals surface area (Å²) in [6, 6.07) is 15.9. The molecule has 2 amide bonds. The highest BCUT2D eigenvalue weighted by atomic mass is 35.5. The maximum absolute atomic E-state index is 13.8. The van der Waals surface area contributed by atoms with Gasteiger partial charge in [0.2, 0.25) is 11.7 Å². The first-order chi connectivity index (χ1) is 24.3. The van der Waals surface area contributed by atoms with E-state index >= 15 is 0 Å². The zero-order valence-corrected chi connectivity index (χ0v) is 29.3. The second kappa shape index (κ2) is 18.0. The maximum Gasteiger partial charge on any atom is 0.291 e. The molecule has 0 saturated carbocycles. The number of benzene rings is 3. The van der Waals surface area contributed by atoms with Crippen LogP contribution in [0.25, 0.3) is 5.69 Å². The number of aryl methyl sites for hydroxylation is 1. The zero-order chi connectivity index (χ0) is 37.1. The summed E-state index contributed by atoms with van der Waals surface area (Å²) in [5.74, 6) is -3.29. The van der Waals surface area contributed by atoms with E-state index in [4.69, 9.17) is 27.8 Å². The molecule has 4 aromatic rings. The predicted molar refractivity (Wildman–Crippen MR) is 190 cm³/mol. The van der Waals surface area contributed by atoms with Gasteiger partial charge >= 0.3 is 0 Å². The number of amides is 2. The van der Waals surface area contributed by atoms with E-state index in [1.54, 1.807) is 55.5 Å². The molecule has 15 heteroatoms. The minimum atomic E-state index is -1.03. The summed E-state index contributed by atoms with van der Waals surface area (Å²) in [7, 11) is 0.